The zero-order valence-corrected chi connectivity index (χ0v) is 14.5. The van der Waals surface area contributed by atoms with Crippen LogP contribution in [0.1, 0.15) is 39.7 Å². The van der Waals surface area contributed by atoms with Crippen LogP contribution in [0.15, 0.2) is 30.3 Å². The van der Waals surface area contributed by atoms with E-state index < -0.39 is 0 Å². The summed E-state index contributed by atoms with van der Waals surface area (Å²) >= 11 is 0. The van der Waals surface area contributed by atoms with Gasteiger partial charge in [-0.15, -0.1) is 0 Å². The predicted octanol–water partition coefficient (Wildman–Crippen LogP) is 3.20. The van der Waals surface area contributed by atoms with Gasteiger partial charge in [-0.1, -0.05) is 58.0 Å². The van der Waals surface area contributed by atoms with Gasteiger partial charge in [0.2, 0.25) is 6.41 Å². The largest absolute Gasteiger partial charge is 0.355 e. The Hall–Kier alpha value is -1.86. The summed E-state index contributed by atoms with van der Waals surface area (Å²) in [6, 6.07) is 12.2. The molecular weight excluding hydrogens is 274 g/mol. The molecule has 4 nitrogen and oxygen atoms in total. The lowest BCUT2D eigenvalue weighted by atomic mass is 9.91. The first-order valence-electron chi connectivity index (χ1n) is 7.79. The zero-order chi connectivity index (χ0) is 17.0. The number of nitrogens with one attached hydrogen (secondary N) is 1. The fourth-order valence-corrected chi connectivity index (χ4v) is 2.43. The van der Waals surface area contributed by atoms with Crippen LogP contribution in [0.4, 0.5) is 0 Å². The third-order valence-electron chi connectivity index (χ3n) is 3.34. The molecule has 1 amide bonds. The first kappa shape index (κ1) is 20.1. The van der Waals surface area contributed by atoms with Crippen molar-refractivity contribution >= 4 is 6.41 Å². The normalized spacial score (nSPS) is 18.8. The minimum absolute atomic E-state index is 0.148. The van der Waals surface area contributed by atoms with E-state index in [9.17, 15) is 4.79 Å². The van der Waals surface area contributed by atoms with Crippen molar-refractivity contribution in [1.82, 2.24) is 10.2 Å². The molecule has 0 saturated carbocycles. The molecule has 0 aromatic heterocycles. The van der Waals surface area contributed by atoms with Gasteiger partial charge in [-0.2, -0.15) is 5.26 Å². The Balaban J connectivity index is 0.000000360. The van der Waals surface area contributed by atoms with E-state index in [2.05, 4.69) is 30.1 Å². The standard InChI is InChI=1S/C8H14N2.C8H9NO.C2H6/c1-8(2)4-7(5-9)10(3)6-8;10-7-9-6-8-4-2-1-3-5-8;1-2/h7H,4,6H2,1-3H3;1-5,7H,6H2,(H,9,10);1-2H3. The van der Waals surface area contributed by atoms with Gasteiger partial charge in [0.05, 0.1) is 12.1 Å². The van der Waals surface area contributed by atoms with E-state index in [1.165, 1.54) is 0 Å². The Morgan fingerprint density at radius 1 is 1.36 bits per heavy atom. The van der Waals surface area contributed by atoms with Crippen LogP contribution in [-0.2, 0) is 11.3 Å². The van der Waals surface area contributed by atoms with Crippen molar-refractivity contribution in [2.45, 2.75) is 46.7 Å². The van der Waals surface area contributed by atoms with Gasteiger partial charge in [0, 0.05) is 13.1 Å². The van der Waals surface area contributed by atoms with E-state index in [0.717, 1.165) is 18.5 Å². The fourth-order valence-electron chi connectivity index (χ4n) is 2.43. The second-order valence-corrected chi connectivity index (χ2v) is 5.91. The number of nitrogens with zero attached hydrogens (tertiary/aromatic N) is 2. The van der Waals surface area contributed by atoms with E-state index >= 15 is 0 Å². The maximum atomic E-state index is 9.87. The Bertz CT molecular complexity index is 451. The van der Waals surface area contributed by atoms with Gasteiger partial charge in [0.25, 0.3) is 0 Å². The van der Waals surface area contributed by atoms with Crippen LogP contribution in [0.2, 0.25) is 0 Å². The minimum Gasteiger partial charge on any atom is -0.355 e. The highest BCUT2D eigenvalue weighted by atomic mass is 16.1. The molecule has 122 valence electrons. The van der Waals surface area contributed by atoms with Crippen molar-refractivity contribution in [2.75, 3.05) is 13.6 Å². The van der Waals surface area contributed by atoms with Crippen LogP contribution >= 0.6 is 0 Å². The third kappa shape index (κ3) is 7.80. The molecular formula is C18H29N3O. The monoisotopic (exact) mass is 303 g/mol. The Kier molecular flexibility index (Phi) is 9.89. The molecule has 1 unspecified atom stereocenters. The summed E-state index contributed by atoms with van der Waals surface area (Å²) in [5, 5.41) is 11.3. The van der Waals surface area contributed by atoms with Crippen molar-refractivity contribution < 1.29 is 4.79 Å². The number of nitriles is 1. The lowest BCUT2D eigenvalue weighted by Crippen LogP contribution is -2.23. The molecule has 1 saturated heterocycles. The number of rotatable bonds is 3. The maximum Gasteiger partial charge on any atom is 0.207 e. The Morgan fingerprint density at radius 3 is 2.32 bits per heavy atom. The number of hydrogen-bond donors (Lipinski definition) is 1. The number of carbonyl (C=O) groups is 1. The molecule has 1 N–H and O–H groups in total. The lowest BCUT2D eigenvalue weighted by molar-refractivity contribution is -0.109. The number of carbonyl (C=O) groups excluding carboxylic acids is 1. The first-order chi connectivity index (χ1) is 10.5. The quantitative estimate of drug-likeness (QED) is 0.872. The molecule has 1 heterocycles. The highest BCUT2D eigenvalue weighted by molar-refractivity contribution is 5.46. The van der Waals surface area contributed by atoms with Crippen LogP contribution < -0.4 is 5.32 Å². The molecule has 1 aromatic carbocycles. The van der Waals surface area contributed by atoms with Crippen molar-refractivity contribution in [3.8, 4) is 6.07 Å². The van der Waals surface area contributed by atoms with Gasteiger partial charge in [0.15, 0.2) is 0 Å². The molecule has 0 bridgehead atoms. The maximum absolute atomic E-state index is 9.87. The average molecular weight is 303 g/mol. The fraction of sp³-hybridized carbons (Fsp3) is 0.556. The molecule has 1 fully saturated rings. The van der Waals surface area contributed by atoms with E-state index in [4.69, 9.17) is 5.26 Å². The highest BCUT2D eigenvalue weighted by Crippen LogP contribution is 2.31. The second kappa shape index (κ2) is 10.8. The van der Waals surface area contributed by atoms with Crippen LogP contribution in [0, 0.1) is 16.7 Å². The number of likely N-dealkylation sites (tertiary alicyclic amines) is 1. The first-order valence-corrected chi connectivity index (χ1v) is 7.79. The molecule has 0 spiro atoms. The van der Waals surface area contributed by atoms with Gasteiger partial charge in [-0.05, 0) is 24.4 Å². The van der Waals surface area contributed by atoms with Crippen molar-refractivity contribution in [2.24, 2.45) is 5.41 Å². The predicted molar refractivity (Wildman–Crippen MR) is 91.1 cm³/mol. The Labute approximate surface area is 135 Å². The summed E-state index contributed by atoms with van der Waals surface area (Å²) in [4.78, 5) is 12.0. The Morgan fingerprint density at radius 2 is 1.95 bits per heavy atom. The molecule has 22 heavy (non-hydrogen) atoms. The van der Waals surface area contributed by atoms with Gasteiger partial charge in [0.1, 0.15) is 0 Å². The molecule has 2 rings (SSSR count). The van der Waals surface area contributed by atoms with Gasteiger partial charge in [-0.25, -0.2) is 0 Å². The smallest absolute Gasteiger partial charge is 0.207 e. The van der Waals surface area contributed by atoms with Crippen LogP contribution in [0.3, 0.4) is 0 Å². The summed E-state index contributed by atoms with van der Waals surface area (Å²) in [6.45, 7) is 10.1. The minimum atomic E-state index is 0.148. The van der Waals surface area contributed by atoms with Gasteiger partial charge < -0.3 is 5.32 Å². The van der Waals surface area contributed by atoms with E-state index in [-0.39, 0.29) is 6.04 Å². The van der Waals surface area contributed by atoms with E-state index in [1.54, 1.807) is 0 Å². The SMILES string of the molecule is CC.CN1CC(C)(C)CC1C#N.O=CNCc1ccccc1. The number of amides is 1. The molecule has 0 aliphatic carbocycles. The average Bonchev–Trinajstić information content (AvgIpc) is 2.81. The number of benzene rings is 1. The molecule has 1 atom stereocenters. The van der Waals surface area contributed by atoms with Crippen molar-refractivity contribution in [1.29, 1.82) is 5.26 Å². The summed E-state index contributed by atoms with van der Waals surface area (Å²) in [5.74, 6) is 0. The molecule has 1 aromatic rings. The van der Waals surface area contributed by atoms with Crippen molar-refractivity contribution in [3.05, 3.63) is 35.9 Å². The van der Waals surface area contributed by atoms with E-state index in [1.807, 2.05) is 51.2 Å². The summed E-state index contributed by atoms with van der Waals surface area (Å²) < 4.78 is 0. The number of hydrogen-bond acceptors (Lipinski definition) is 3. The topological polar surface area (TPSA) is 56.1 Å². The van der Waals surface area contributed by atoms with Crippen LogP contribution in [0.5, 0.6) is 0 Å². The van der Waals surface area contributed by atoms with Crippen LogP contribution in [0.25, 0.3) is 0 Å². The molecule has 0 radical (unpaired) electrons. The summed E-state index contributed by atoms with van der Waals surface area (Å²) in [5.41, 5.74) is 1.46. The zero-order valence-electron chi connectivity index (χ0n) is 14.5. The van der Waals surface area contributed by atoms with E-state index in [0.29, 0.717) is 18.4 Å². The lowest BCUT2D eigenvalue weighted by Gasteiger charge is -2.15. The van der Waals surface area contributed by atoms with Crippen LogP contribution in [-0.4, -0.2) is 30.9 Å². The van der Waals surface area contributed by atoms with Gasteiger partial charge >= 0.3 is 0 Å². The summed E-state index contributed by atoms with van der Waals surface area (Å²) in [6.07, 6.45) is 1.72. The molecule has 1 aliphatic heterocycles. The summed E-state index contributed by atoms with van der Waals surface area (Å²) in [7, 11) is 2.02. The highest BCUT2D eigenvalue weighted by Gasteiger charge is 2.34. The molecule has 1 aliphatic rings. The molecule has 4 heteroatoms. The van der Waals surface area contributed by atoms with Gasteiger partial charge in [-0.3, -0.25) is 9.69 Å². The van der Waals surface area contributed by atoms with Crippen molar-refractivity contribution in [3.63, 3.8) is 0 Å². The second-order valence-electron chi connectivity index (χ2n) is 5.91. The third-order valence-corrected chi connectivity index (χ3v) is 3.34.